The van der Waals surface area contributed by atoms with Crippen molar-refractivity contribution >= 4 is 16.3 Å². The van der Waals surface area contributed by atoms with Gasteiger partial charge in [-0.05, 0) is 19.9 Å². The van der Waals surface area contributed by atoms with Gasteiger partial charge in [-0.2, -0.15) is 0 Å². The second kappa shape index (κ2) is 10.8. The molecule has 0 heterocycles. The van der Waals surface area contributed by atoms with E-state index in [1.165, 1.54) is 6.08 Å². The van der Waals surface area contributed by atoms with Crippen molar-refractivity contribution in [3.8, 4) is 0 Å². The lowest BCUT2D eigenvalue weighted by molar-refractivity contribution is -0.906. The van der Waals surface area contributed by atoms with E-state index in [1.54, 1.807) is 0 Å². The van der Waals surface area contributed by atoms with Gasteiger partial charge in [0.1, 0.15) is 0 Å². The molecule has 120 valence electrons. The normalized spacial score (nSPS) is 11.2. The number of quaternary nitrogens is 1. The summed E-state index contributed by atoms with van der Waals surface area (Å²) in [4.78, 5) is 10.8. The highest BCUT2D eigenvalue weighted by Gasteiger charge is 2.14. The van der Waals surface area contributed by atoms with E-state index in [2.05, 4.69) is 37.0 Å². The van der Waals surface area contributed by atoms with Crippen molar-refractivity contribution in [2.75, 3.05) is 40.3 Å². The second-order valence-corrected chi connectivity index (χ2v) is 5.55. The molecule has 0 aromatic rings. The summed E-state index contributed by atoms with van der Waals surface area (Å²) >= 11 is 0. The standard InChI is InChI=1S/C11H22N2O.CH4O4S/c1-5-11(14)12-9-8-10-13(4,6-2)7-3;1-5-6(2,3)4/h5H,1,6-10H2,2-4H3;1H3,(H,2,3,4). The fourth-order valence-corrected chi connectivity index (χ4v) is 1.28. The van der Waals surface area contributed by atoms with Crippen LogP contribution in [0.4, 0.5) is 0 Å². The van der Waals surface area contributed by atoms with Crippen LogP contribution in [0, 0.1) is 0 Å². The van der Waals surface area contributed by atoms with E-state index in [0.717, 1.165) is 44.2 Å². The van der Waals surface area contributed by atoms with Crippen LogP contribution in [0.5, 0.6) is 0 Å². The molecule has 0 saturated heterocycles. The molecule has 7 nitrogen and oxygen atoms in total. The van der Waals surface area contributed by atoms with Gasteiger partial charge in [-0.1, -0.05) is 6.58 Å². The van der Waals surface area contributed by atoms with Gasteiger partial charge in [-0.15, -0.1) is 0 Å². The maximum Gasteiger partial charge on any atom is 0.243 e. The Labute approximate surface area is 122 Å². The number of nitrogens with one attached hydrogen (secondary N) is 1. The van der Waals surface area contributed by atoms with Crippen molar-refractivity contribution in [2.24, 2.45) is 0 Å². The fourth-order valence-electron chi connectivity index (χ4n) is 1.28. The van der Waals surface area contributed by atoms with Crippen LogP contribution in [-0.4, -0.2) is 63.7 Å². The van der Waals surface area contributed by atoms with Crippen molar-refractivity contribution in [1.29, 1.82) is 0 Å². The zero-order valence-electron chi connectivity index (χ0n) is 12.7. The highest BCUT2D eigenvalue weighted by atomic mass is 32.3. The first-order valence-corrected chi connectivity index (χ1v) is 7.72. The number of carbonyl (C=O) groups excluding carboxylic acids is 1. The molecule has 1 N–H and O–H groups in total. The molecule has 0 atom stereocenters. The SMILES string of the molecule is C=CC(=O)NCCC[N+](C)(CC)CC.COS(=O)(=O)[O-]. The molecule has 0 aliphatic rings. The zero-order valence-corrected chi connectivity index (χ0v) is 13.5. The summed E-state index contributed by atoms with van der Waals surface area (Å²) < 4.78 is 32.1. The van der Waals surface area contributed by atoms with E-state index in [-0.39, 0.29) is 5.91 Å². The van der Waals surface area contributed by atoms with E-state index in [1.807, 2.05) is 0 Å². The van der Waals surface area contributed by atoms with Crippen molar-refractivity contribution in [3.63, 3.8) is 0 Å². The molecule has 0 rings (SSSR count). The average molecular weight is 310 g/mol. The van der Waals surface area contributed by atoms with Crippen molar-refractivity contribution in [1.82, 2.24) is 5.32 Å². The first kappa shape index (κ1) is 21.3. The van der Waals surface area contributed by atoms with Crippen LogP contribution in [-0.2, 0) is 19.4 Å². The van der Waals surface area contributed by atoms with Gasteiger partial charge in [0, 0.05) is 13.0 Å². The number of hydrogen-bond donors (Lipinski definition) is 1. The Bertz CT molecular complexity index is 377. The maximum atomic E-state index is 10.8. The van der Waals surface area contributed by atoms with Gasteiger partial charge >= 0.3 is 0 Å². The summed E-state index contributed by atoms with van der Waals surface area (Å²) in [5, 5.41) is 2.79. The third kappa shape index (κ3) is 13.5. The van der Waals surface area contributed by atoms with Gasteiger partial charge in [0.05, 0.1) is 33.8 Å². The molecule has 0 unspecified atom stereocenters. The van der Waals surface area contributed by atoms with Crippen LogP contribution in [0.15, 0.2) is 12.7 Å². The van der Waals surface area contributed by atoms with Crippen molar-refractivity contribution in [3.05, 3.63) is 12.7 Å². The third-order valence-corrected chi connectivity index (χ3v) is 3.50. The van der Waals surface area contributed by atoms with Crippen LogP contribution < -0.4 is 5.32 Å². The number of rotatable bonds is 8. The van der Waals surface area contributed by atoms with Gasteiger partial charge < -0.3 is 14.4 Å². The summed E-state index contributed by atoms with van der Waals surface area (Å²) in [7, 11) is -1.36. The smallest absolute Gasteiger partial charge is 0.243 e. The molecule has 0 aliphatic heterocycles. The first-order chi connectivity index (χ1) is 9.14. The van der Waals surface area contributed by atoms with Gasteiger partial charge in [0.15, 0.2) is 0 Å². The molecule has 8 heteroatoms. The molecular weight excluding hydrogens is 284 g/mol. The Morgan fingerprint density at radius 1 is 1.40 bits per heavy atom. The average Bonchev–Trinajstić information content (AvgIpc) is 2.42. The van der Waals surface area contributed by atoms with Gasteiger partial charge in [-0.3, -0.25) is 8.98 Å². The third-order valence-electron chi connectivity index (χ3n) is 3.09. The molecule has 0 radical (unpaired) electrons. The summed E-state index contributed by atoms with van der Waals surface area (Å²) in [6, 6.07) is 0. The van der Waals surface area contributed by atoms with E-state index in [0.29, 0.717) is 0 Å². The van der Waals surface area contributed by atoms with Crippen LogP contribution in [0.3, 0.4) is 0 Å². The summed E-state index contributed by atoms with van der Waals surface area (Å²) in [5.41, 5.74) is 0. The highest BCUT2D eigenvalue weighted by molar-refractivity contribution is 7.80. The number of carbonyl (C=O) groups is 1. The topological polar surface area (TPSA) is 95.5 Å². The summed E-state index contributed by atoms with van der Waals surface area (Å²) in [6.45, 7) is 12.0. The fraction of sp³-hybridized carbons (Fsp3) is 0.750. The Hall–Kier alpha value is -0.960. The molecule has 0 aromatic heterocycles. The predicted octanol–water partition coefficient (Wildman–Crippen LogP) is 0.258. The van der Waals surface area contributed by atoms with Crippen LogP contribution >= 0.6 is 0 Å². The molecule has 0 fully saturated rings. The molecule has 0 spiro atoms. The molecule has 0 aliphatic carbocycles. The molecule has 0 aromatic carbocycles. The molecule has 0 saturated carbocycles. The highest BCUT2D eigenvalue weighted by Crippen LogP contribution is 2.01. The zero-order chi connectivity index (χ0) is 16.2. The van der Waals surface area contributed by atoms with E-state index >= 15 is 0 Å². The van der Waals surface area contributed by atoms with E-state index in [4.69, 9.17) is 0 Å². The van der Waals surface area contributed by atoms with Crippen LogP contribution in [0.1, 0.15) is 20.3 Å². The van der Waals surface area contributed by atoms with Gasteiger partial charge in [0.25, 0.3) is 0 Å². The largest absolute Gasteiger partial charge is 0.726 e. The Kier molecular flexibility index (Phi) is 11.5. The molecular formula is C12H26N2O5S. The summed E-state index contributed by atoms with van der Waals surface area (Å²) in [6.07, 6.45) is 2.34. The Morgan fingerprint density at radius 3 is 2.15 bits per heavy atom. The predicted molar refractivity (Wildman–Crippen MR) is 76.7 cm³/mol. The minimum absolute atomic E-state index is 0.0767. The molecule has 0 bridgehead atoms. The van der Waals surface area contributed by atoms with Crippen LogP contribution in [0.25, 0.3) is 0 Å². The van der Waals surface area contributed by atoms with Gasteiger partial charge in [-0.25, -0.2) is 8.42 Å². The lowest BCUT2D eigenvalue weighted by Crippen LogP contribution is -2.45. The Balaban J connectivity index is 0. The van der Waals surface area contributed by atoms with E-state index in [9.17, 15) is 17.8 Å². The summed E-state index contributed by atoms with van der Waals surface area (Å²) in [5.74, 6) is -0.0767. The maximum absolute atomic E-state index is 10.8. The minimum Gasteiger partial charge on any atom is -0.726 e. The quantitative estimate of drug-likeness (QED) is 0.228. The monoisotopic (exact) mass is 310 g/mol. The number of nitrogens with zero attached hydrogens (tertiary/aromatic N) is 1. The lowest BCUT2D eigenvalue weighted by atomic mass is 10.3. The lowest BCUT2D eigenvalue weighted by Gasteiger charge is -2.32. The minimum atomic E-state index is -4.41. The van der Waals surface area contributed by atoms with Crippen molar-refractivity contribution in [2.45, 2.75) is 20.3 Å². The number of hydrogen-bond acceptors (Lipinski definition) is 5. The van der Waals surface area contributed by atoms with Crippen LogP contribution in [0.2, 0.25) is 0 Å². The van der Waals surface area contributed by atoms with Crippen molar-refractivity contribution < 1.29 is 26.4 Å². The second-order valence-electron chi connectivity index (χ2n) is 4.40. The van der Waals surface area contributed by atoms with Gasteiger partial charge in [0.2, 0.25) is 16.3 Å². The Morgan fingerprint density at radius 2 is 1.85 bits per heavy atom. The van der Waals surface area contributed by atoms with E-state index < -0.39 is 10.4 Å². The first-order valence-electron chi connectivity index (χ1n) is 6.39. The molecule has 20 heavy (non-hydrogen) atoms. The number of amides is 1. The molecule has 1 amide bonds.